The molecule has 24 heavy (non-hydrogen) atoms. The molecule has 0 spiro atoms. The van der Waals surface area contributed by atoms with Gasteiger partial charge in [-0.05, 0) is 19.3 Å². The third-order valence-electron chi connectivity index (χ3n) is 3.16. The van der Waals surface area contributed by atoms with E-state index in [4.69, 9.17) is 16.6 Å². The highest BCUT2D eigenvalue weighted by atomic mass is 16.4. The summed E-state index contributed by atoms with van der Waals surface area (Å²) in [7, 11) is 0. The van der Waals surface area contributed by atoms with Gasteiger partial charge < -0.3 is 32.3 Å². The molecule has 0 aromatic rings. The maximum Gasteiger partial charge on any atom is 0.305 e. The Kier molecular flexibility index (Phi) is 8.93. The molecule has 8 N–H and O–H groups in total. The van der Waals surface area contributed by atoms with Crippen LogP contribution in [0.5, 0.6) is 0 Å². The van der Waals surface area contributed by atoms with E-state index in [1.807, 2.05) is 13.8 Å². The summed E-state index contributed by atoms with van der Waals surface area (Å²) in [6, 6.07) is -3.76. The van der Waals surface area contributed by atoms with E-state index in [2.05, 4.69) is 10.6 Å². The Bertz CT molecular complexity index is 480. The van der Waals surface area contributed by atoms with Gasteiger partial charge in [0.15, 0.2) is 0 Å². The Hall–Kier alpha value is -2.20. The zero-order valence-corrected chi connectivity index (χ0v) is 14.0. The van der Waals surface area contributed by atoms with Gasteiger partial charge in [0.05, 0.1) is 18.6 Å². The molecular weight excluding hydrogens is 320 g/mol. The quantitative estimate of drug-likeness (QED) is 0.256. The first kappa shape index (κ1) is 21.8. The van der Waals surface area contributed by atoms with Gasteiger partial charge in [-0.1, -0.05) is 13.8 Å². The molecule has 0 bridgehead atoms. The van der Waals surface area contributed by atoms with E-state index in [0.29, 0.717) is 6.42 Å². The van der Waals surface area contributed by atoms with Gasteiger partial charge in [0.1, 0.15) is 12.1 Å². The second-order valence-electron chi connectivity index (χ2n) is 6.02. The normalized spacial score (nSPS) is 15.9. The number of nitrogens with two attached hydrogens (primary N) is 2. The minimum Gasteiger partial charge on any atom is -0.481 e. The number of amides is 3. The summed E-state index contributed by atoms with van der Waals surface area (Å²) in [6.45, 7) is 4.95. The highest BCUT2D eigenvalue weighted by molar-refractivity contribution is 5.94. The summed E-state index contributed by atoms with van der Waals surface area (Å²) in [5.41, 5.74) is 10.7. The number of aliphatic hydroxyl groups excluding tert-OH is 1. The summed E-state index contributed by atoms with van der Waals surface area (Å²) in [6.07, 6.45) is -1.64. The number of carboxylic acid groups (broad SMARTS) is 1. The van der Waals surface area contributed by atoms with Gasteiger partial charge >= 0.3 is 5.97 Å². The lowest BCUT2D eigenvalue weighted by molar-refractivity contribution is -0.141. The van der Waals surface area contributed by atoms with Crippen LogP contribution in [-0.2, 0) is 19.2 Å². The molecule has 0 fully saturated rings. The first-order chi connectivity index (χ1) is 11.0. The van der Waals surface area contributed by atoms with Crippen molar-refractivity contribution in [2.24, 2.45) is 17.4 Å². The fourth-order valence-electron chi connectivity index (χ4n) is 1.96. The summed E-state index contributed by atoms with van der Waals surface area (Å²) >= 11 is 0. The summed E-state index contributed by atoms with van der Waals surface area (Å²) in [4.78, 5) is 46.2. The molecule has 0 aliphatic carbocycles. The number of carbonyl (C=O) groups excluding carboxylic acids is 3. The topological polar surface area (TPSA) is 185 Å². The van der Waals surface area contributed by atoms with Crippen LogP contribution >= 0.6 is 0 Å². The van der Waals surface area contributed by atoms with Crippen LogP contribution in [0.25, 0.3) is 0 Å². The third-order valence-corrected chi connectivity index (χ3v) is 3.16. The Labute approximate surface area is 139 Å². The monoisotopic (exact) mass is 346 g/mol. The number of hydrogen-bond donors (Lipinski definition) is 6. The number of carbonyl (C=O) groups is 4. The lowest BCUT2D eigenvalue weighted by Gasteiger charge is -2.23. The maximum absolute atomic E-state index is 12.1. The molecule has 0 aliphatic heterocycles. The van der Waals surface area contributed by atoms with Gasteiger partial charge in [0, 0.05) is 0 Å². The number of carboxylic acids is 1. The van der Waals surface area contributed by atoms with Crippen LogP contribution in [0, 0.1) is 5.92 Å². The van der Waals surface area contributed by atoms with E-state index >= 15 is 0 Å². The maximum atomic E-state index is 12.1. The minimum atomic E-state index is -1.45. The van der Waals surface area contributed by atoms with Gasteiger partial charge in [0.25, 0.3) is 0 Å². The molecule has 10 nitrogen and oxygen atoms in total. The standard InChI is InChI=1S/C14H26N4O6/c1-6(2)4-8(15)13(23)17-9(5-10(20)21)14(24)18-11(7(3)19)12(16)22/h6-9,11,19H,4-5,15H2,1-3H3,(H2,16,22)(H,17,23)(H,18,24)(H,20,21)/t7-,8+,9+,11-/m1/s1. The van der Waals surface area contributed by atoms with Crippen molar-refractivity contribution >= 4 is 23.7 Å². The molecule has 0 aliphatic rings. The predicted molar refractivity (Wildman–Crippen MR) is 84.4 cm³/mol. The van der Waals surface area contributed by atoms with E-state index in [1.165, 1.54) is 6.92 Å². The van der Waals surface area contributed by atoms with Crippen molar-refractivity contribution in [1.82, 2.24) is 10.6 Å². The van der Waals surface area contributed by atoms with Crippen molar-refractivity contribution in [3.05, 3.63) is 0 Å². The van der Waals surface area contributed by atoms with Crippen molar-refractivity contribution in [2.75, 3.05) is 0 Å². The van der Waals surface area contributed by atoms with Gasteiger partial charge in [-0.25, -0.2) is 0 Å². The molecule has 10 heteroatoms. The molecule has 3 amide bonds. The number of nitrogens with one attached hydrogen (secondary N) is 2. The molecule has 0 aromatic carbocycles. The van der Waals surface area contributed by atoms with Crippen LogP contribution in [0.4, 0.5) is 0 Å². The molecule has 0 heterocycles. The van der Waals surface area contributed by atoms with Crippen LogP contribution in [0.15, 0.2) is 0 Å². The average Bonchev–Trinajstić information content (AvgIpc) is 2.41. The first-order valence-corrected chi connectivity index (χ1v) is 7.51. The van der Waals surface area contributed by atoms with E-state index in [1.54, 1.807) is 0 Å². The first-order valence-electron chi connectivity index (χ1n) is 7.51. The number of hydrogen-bond acceptors (Lipinski definition) is 6. The number of primary amides is 1. The van der Waals surface area contributed by atoms with Crippen molar-refractivity contribution in [2.45, 2.75) is 57.8 Å². The molecule has 0 rings (SSSR count). The lowest BCUT2D eigenvalue weighted by Crippen LogP contribution is -2.58. The molecule has 4 atom stereocenters. The predicted octanol–water partition coefficient (Wildman–Crippen LogP) is -2.33. The molecule has 0 radical (unpaired) electrons. The van der Waals surface area contributed by atoms with Crippen LogP contribution in [-0.4, -0.2) is 58.1 Å². The zero-order valence-electron chi connectivity index (χ0n) is 14.0. The summed E-state index contributed by atoms with van der Waals surface area (Å²) in [5.74, 6) is -3.83. The van der Waals surface area contributed by atoms with Gasteiger partial charge in [0.2, 0.25) is 17.7 Å². The highest BCUT2D eigenvalue weighted by Gasteiger charge is 2.30. The van der Waals surface area contributed by atoms with Crippen LogP contribution in [0.3, 0.4) is 0 Å². The van der Waals surface area contributed by atoms with Gasteiger partial charge in [-0.2, -0.15) is 0 Å². The van der Waals surface area contributed by atoms with Crippen LogP contribution in [0.1, 0.15) is 33.6 Å². The number of rotatable bonds is 10. The zero-order chi connectivity index (χ0) is 19.0. The molecule has 0 saturated heterocycles. The molecule has 138 valence electrons. The molecular formula is C14H26N4O6. The molecule has 0 aromatic heterocycles. The van der Waals surface area contributed by atoms with Crippen LogP contribution in [0.2, 0.25) is 0 Å². The van der Waals surface area contributed by atoms with E-state index in [0.717, 1.165) is 0 Å². The smallest absolute Gasteiger partial charge is 0.305 e. The second-order valence-corrected chi connectivity index (χ2v) is 6.02. The second kappa shape index (κ2) is 9.83. The van der Waals surface area contributed by atoms with E-state index in [9.17, 15) is 24.3 Å². The molecule has 0 saturated carbocycles. The Morgan fingerprint density at radius 3 is 1.96 bits per heavy atom. The van der Waals surface area contributed by atoms with Crippen LogP contribution < -0.4 is 22.1 Å². The van der Waals surface area contributed by atoms with Gasteiger partial charge in [-0.15, -0.1) is 0 Å². The van der Waals surface area contributed by atoms with Crippen molar-refractivity contribution in [3.63, 3.8) is 0 Å². The highest BCUT2D eigenvalue weighted by Crippen LogP contribution is 2.04. The van der Waals surface area contributed by atoms with Gasteiger partial charge in [-0.3, -0.25) is 19.2 Å². The lowest BCUT2D eigenvalue weighted by atomic mass is 10.0. The number of aliphatic carboxylic acids is 1. The SMILES string of the molecule is CC(C)C[C@H](N)C(=O)N[C@@H](CC(=O)O)C(=O)N[C@@H](C(N)=O)[C@@H](C)O. The summed E-state index contributed by atoms with van der Waals surface area (Å²) < 4.78 is 0. The van der Waals surface area contributed by atoms with Crippen molar-refractivity contribution in [3.8, 4) is 0 Å². The fraction of sp³-hybridized carbons (Fsp3) is 0.714. The van der Waals surface area contributed by atoms with E-state index < -0.39 is 54.3 Å². The van der Waals surface area contributed by atoms with Crippen molar-refractivity contribution in [1.29, 1.82) is 0 Å². The Morgan fingerprint density at radius 1 is 1.04 bits per heavy atom. The van der Waals surface area contributed by atoms with E-state index in [-0.39, 0.29) is 5.92 Å². The third kappa shape index (κ3) is 7.88. The Morgan fingerprint density at radius 2 is 1.58 bits per heavy atom. The van der Waals surface area contributed by atoms with Crippen molar-refractivity contribution < 1.29 is 29.4 Å². The average molecular weight is 346 g/mol. The minimum absolute atomic E-state index is 0.131. The molecule has 0 unspecified atom stereocenters. The summed E-state index contributed by atoms with van der Waals surface area (Å²) in [5, 5.41) is 22.7. The Balaban J connectivity index is 5.05. The fourth-order valence-corrected chi connectivity index (χ4v) is 1.96. The number of aliphatic hydroxyl groups is 1. The largest absolute Gasteiger partial charge is 0.481 e.